The van der Waals surface area contributed by atoms with Crippen LogP contribution in [0.5, 0.6) is 0 Å². The van der Waals surface area contributed by atoms with Crippen molar-refractivity contribution in [3.8, 4) is 39.6 Å². The summed E-state index contributed by atoms with van der Waals surface area (Å²) < 4.78 is 2.39. The Labute approximate surface area is 310 Å². The molecule has 9 rings (SSSR count). The molecule has 0 saturated carbocycles. The zero-order valence-corrected chi connectivity index (χ0v) is 30.0. The van der Waals surface area contributed by atoms with Crippen molar-refractivity contribution >= 4 is 38.9 Å². The van der Waals surface area contributed by atoms with Gasteiger partial charge in [0.2, 0.25) is 0 Å². The maximum absolute atomic E-state index is 5.12. The SMILES string of the molecule is Cc1ccc(N(c2ccc(C)cc2)c2ccc3c(c2)c2ccccc2n3-c2ccc(-c3cc(-c4ccccc4)nc(-c4ccccc4)n3)c(C)c2)cc1. The van der Waals surface area contributed by atoms with E-state index < -0.39 is 0 Å². The van der Waals surface area contributed by atoms with Gasteiger partial charge in [0, 0.05) is 50.2 Å². The van der Waals surface area contributed by atoms with Crippen LogP contribution in [0.4, 0.5) is 17.1 Å². The van der Waals surface area contributed by atoms with Crippen molar-refractivity contribution in [2.24, 2.45) is 0 Å². The molecule has 9 aromatic rings. The summed E-state index contributed by atoms with van der Waals surface area (Å²) in [6.45, 7) is 6.44. The van der Waals surface area contributed by atoms with Crippen LogP contribution in [0.15, 0.2) is 176 Å². The molecule has 0 amide bonds. The van der Waals surface area contributed by atoms with Crippen molar-refractivity contribution in [2.75, 3.05) is 4.90 Å². The summed E-state index contributed by atoms with van der Waals surface area (Å²) in [5.41, 5.74) is 15.4. The van der Waals surface area contributed by atoms with E-state index in [1.54, 1.807) is 0 Å². The number of fused-ring (bicyclic) bond motifs is 3. The second kappa shape index (κ2) is 13.4. The largest absolute Gasteiger partial charge is 0.310 e. The number of aromatic nitrogens is 3. The highest BCUT2D eigenvalue weighted by Crippen LogP contribution is 2.40. The Balaban J connectivity index is 1.17. The molecular formula is C49H38N4. The van der Waals surface area contributed by atoms with E-state index in [1.165, 1.54) is 27.4 Å². The molecule has 4 nitrogen and oxygen atoms in total. The zero-order chi connectivity index (χ0) is 35.9. The van der Waals surface area contributed by atoms with Gasteiger partial charge in [-0.15, -0.1) is 0 Å². The predicted octanol–water partition coefficient (Wildman–Crippen LogP) is 13.0. The van der Waals surface area contributed by atoms with Crippen molar-refractivity contribution in [1.29, 1.82) is 0 Å². The van der Waals surface area contributed by atoms with Crippen LogP contribution in [0.25, 0.3) is 61.4 Å². The third-order valence-corrected chi connectivity index (χ3v) is 10.1. The minimum atomic E-state index is 0.717. The van der Waals surface area contributed by atoms with E-state index in [0.717, 1.165) is 61.9 Å². The Kier molecular flexibility index (Phi) is 8.13. The molecule has 254 valence electrons. The van der Waals surface area contributed by atoms with Gasteiger partial charge in [-0.05, 0) is 93.1 Å². The molecule has 0 N–H and O–H groups in total. The average Bonchev–Trinajstić information content (AvgIpc) is 3.53. The Morgan fingerprint density at radius 2 is 1.00 bits per heavy atom. The molecule has 4 heteroatoms. The van der Waals surface area contributed by atoms with Gasteiger partial charge < -0.3 is 9.47 Å². The van der Waals surface area contributed by atoms with E-state index >= 15 is 0 Å². The van der Waals surface area contributed by atoms with Crippen LogP contribution in [0, 0.1) is 20.8 Å². The molecule has 0 atom stereocenters. The summed E-state index contributed by atoms with van der Waals surface area (Å²) in [6.07, 6.45) is 0. The lowest BCUT2D eigenvalue weighted by molar-refractivity contribution is 1.16. The van der Waals surface area contributed by atoms with E-state index in [2.05, 4.69) is 182 Å². The smallest absolute Gasteiger partial charge is 0.160 e. The summed E-state index contributed by atoms with van der Waals surface area (Å²) in [5, 5.41) is 2.43. The molecule has 0 aliphatic rings. The number of para-hydroxylation sites is 1. The zero-order valence-electron chi connectivity index (χ0n) is 30.0. The lowest BCUT2D eigenvalue weighted by Crippen LogP contribution is -2.10. The van der Waals surface area contributed by atoms with Gasteiger partial charge in [-0.25, -0.2) is 9.97 Å². The minimum Gasteiger partial charge on any atom is -0.310 e. The molecule has 0 aliphatic heterocycles. The first-order valence-corrected chi connectivity index (χ1v) is 18.1. The minimum absolute atomic E-state index is 0.717. The van der Waals surface area contributed by atoms with Crippen molar-refractivity contribution in [2.45, 2.75) is 20.8 Å². The second-order valence-corrected chi connectivity index (χ2v) is 13.8. The number of rotatable bonds is 7. The highest BCUT2D eigenvalue weighted by Gasteiger charge is 2.19. The summed E-state index contributed by atoms with van der Waals surface area (Å²) in [4.78, 5) is 12.5. The summed E-state index contributed by atoms with van der Waals surface area (Å²) >= 11 is 0. The number of nitrogens with zero attached hydrogens (tertiary/aromatic N) is 4. The number of hydrogen-bond donors (Lipinski definition) is 0. The molecule has 0 bridgehead atoms. The standard InChI is InChI=1S/C49H38N4/c1-33-18-22-38(23-19-33)52(39-24-20-34(2)21-25-39)41-27-29-48-44(31-41)43-16-10-11-17-47(43)53(48)40-26-28-42(35(3)30-40)46-32-45(36-12-6-4-7-13-36)50-49(51-46)37-14-8-5-9-15-37/h4-32H,1-3H3. The molecule has 0 unspecified atom stereocenters. The molecule has 2 heterocycles. The summed E-state index contributed by atoms with van der Waals surface area (Å²) in [6, 6.07) is 62.5. The normalized spacial score (nSPS) is 11.3. The van der Waals surface area contributed by atoms with Crippen molar-refractivity contribution in [1.82, 2.24) is 14.5 Å². The van der Waals surface area contributed by atoms with Crippen LogP contribution in [0.3, 0.4) is 0 Å². The quantitative estimate of drug-likeness (QED) is 0.168. The molecule has 0 fully saturated rings. The van der Waals surface area contributed by atoms with Crippen LogP contribution < -0.4 is 4.90 Å². The molecule has 0 aliphatic carbocycles. The van der Waals surface area contributed by atoms with Gasteiger partial charge >= 0.3 is 0 Å². The average molecular weight is 683 g/mol. The van der Waals surface area contributed by atoms with E-state index in [4.69, 9.17) is 9.97 Å². The highest BCUT2D eigenvalue weighted by molar-refractivity contribution is 6.10. The van der Waals surface area contributed by atoms with Crippen LogP contribution >= 0.6 is 0 Å². The van der Waals surface area contributed by atoms with Crippen LogP contribution in [-0.2, 0) is 0 Å². The molecular weight excluding hydrogens is 645 g/mol. The molecule has 0 saturated heterocycles. The molecule has 2 aromatic heterocycles. The van der Waals surface area contributed by atoms with Crippen molar-refractivity contribution < 1.29 is 0 Å². The Morgan fingerprint density at radius 1 is 0.434 bits per heavy atom. The summed E-state index contributed by atoms with van der Waals surface area (Å²) in [7, 11) is 0. The maximum Gasteiger partial charge on any atom is 0.160 e. The number of aryl methyl sites for hydroxylation is 3. The fourth-order valence-electron chi connectivity index (χ4n) is 7.35. The lowest BCUT2D eigenvalue weighted by Gasteiger charge is -2.26. The Hall–Kier alpha value is -6.78. The first kappa shape index (κ1) is 32.1. The highest BCUT2D eigenvalue weighted by atomic mass is 15.1. The van der Waals surface area contributed by atoms with Gasteiger partial charge in [0.15, 0.2) is 5.82 Å². The first-order chi connectivity index (χ1) is 26.0. The monoisotopic (exact) mass is 682 g/mol. The van der Waals surface area contributed by atoms with E-state index in [9.17, 15) is 0 Å². The van der Waals surface area contributed by atoms with E-state index in [0.29, 0.717) is 5.82 Å². The van der Waals surface area contributed by atoms with Gasteiger partial charge in [-0.3, -0.25) is 0 Å². The predicted molar refractivity (Wildman–Crippen MR) is 222 cm³/mol. The van der Waals surface area contributed by atoms with Gasteiger partial charge in [0.1, 0.15) is 0 Å². The van der Waals surface area contributed by atoms with E-state index in [-0.39, 0.29) is 0 Å². The van der Waals surface area contributed by atoms with Gasteiger partial charge in [0.25, 0.3) is 0 Å². The van der Waals surface area contributed by atoms with Gasteiger partial charge in [-0.2, -0.15) is 0 Å². The van der Waals surface area contributed by atoms with Gasteiger partial charge in [-0.1, -0.05) is 120 Å². The van der Waals surface area contributed by atoms with Crippen molar-refractivity contribution in [3.63, 3.8) is 0 Å². The van der Waals surface area contributed by atoms with Crippen LogP contribution in [0.1, 0.15) is 16.7 Å². The topological polar surface area (TPSA) is 34.0 Å². The van der Waals surface area contributed by atoms with Crippen molar-refractivity contribution in [3.05, 3.63) is 193 Å². The van der Waals surface area contributed by atoms with Gasteiger partial charge in [0.05, 0.1) is 22.4 Å². The molecule has 0 radical (unpaired) electrons. The van der Waals surface area contributed by atoms with Crippen LogP contribution in [0.2, 0.25) is 0 Å². The number of benzene rings is 7. The Morgan fingerprint density at radius 3 is 1.66 bits per heavy atom. The molecule has 53 heavy (non-hydrogen) atoms. The number of hydrogen-bond acceptors (Lipinski definition) is 3. The van der Waals surface area contributed by atoms with E-state index in [1.807, 2.05) is 24.3 Å². The molecule has 7 aromatic carbocycles. The Bertz CT molecular complexity index is 2630. The fourth-order valence-corrected chi connectivity index (χ4v) is 7.35. The third kappa shape index (κ3) is 6.04. The number of anilines is 3. The lowest BCUT2D eigenvalue weighted by atomic mass is 10.0. The third-order valence-electron chi connectivity index (χ3n) is 10.1. The summed E-state index contributed by atoms with van der Waals surface area (Å²) in [5.74, 6) is 0.717. The first-order valence-electron chi connectivity index (χ1n) is 18.1. The molecule has 0 spiro atoms. The van der Waals surface area contributed by atoms with Crippen LogP contribution in [-0.4, -0.2) is 14.5 Å². The second-order valence-electron chi connectivity index (χ2n) is 13.8. The fraction of sp³-hybridized carbons (Fsp3) is 0.0612. The maximum atomic E-state index is 5.12.